The molecule has 0 fully saturated rings. The number of hydrogen-bond donors (Lipinski definition) is 1. The summed E-state index contributed by atoms with van der Waals surface area (Å²) in [6.07, 6.45) is 4.25. The second kappa shape index (κ2) is 5.88. The third-order valence-electron chi connectivity index (χ3n) is 2.90. The van der Waals surface area contributed by atoms with Crippen molar-refractivity contribution < 1.29 is 8.95 Å². The number of rotatable bonds is 5. The Morgan fingerprint density at radius 3 is 2.89 bits per heavy atom. The van der Waals surface area contributed by atoms with Crippen molar-refractivity contribution >= 4 is 16.5 Å². The summed E-state index contributed by atoms with van der Waals surface area (Å²) in [5, 5.41) is 0. The zero-order valence-corrected chi connectivity index (χ0v) is 11.8. The van der Waals surface area contributed by atoms with E-state index in [4.69, 9.17) is 10.5 Å². The highest BCUT2D eigenvalue weighted by Crippen LogP contribution is 2.23. The molecule has 1 aromatic carbocycles. The lowest BCUT2D eigenvalue weighted by atomic mass is 10.3. The fraction of sp³-hybridized carbons (Fsp3) is 0.308. The average Bonchev–Trinajstić information content (AvgIpc) is 2.82. The first kappa shape index (κ1) is 13.6. The minimum Gasteiger partial charge on any atom is -0.497 e. The van der Waals surface area contributed by atoms with E-state index in [1.807, 2.05) is 17.8 Å². The van der Waals surface area contributed by atoms with Crippen LogP contribution in [0.5, 0.6) is 5.75 Å². The summed E-state index contributed by atoms with van der Waals surface area (Å²) in [5.74, 6) is 2.06. The average molecular weight is 279 g/mol. The van der Waals surface area contributed by atoms with Gasteiger partial charge in [-0.1, -0.05) is 0 Å². The second-order valence-electron chi connectivity index (χ2n) is 4.16. The summed E-state index contributed by atoms with van der Waals surface area (Å²) in [5.41, 5.74) is 6.38. The minimum absolute atomic E-state index is 0.488. The molecule has 102 valence electrons. The van der Waals surface area contributed by atoms with Gasteiger partial charge in [0, 0.05) is 37.3 Å². The van der Waals surface area contributed by atoms with Crippen LogP contribution in [-0.4, -0.2) is 26.6 Å². The summed E-state index contributed by atoms with van der Waals surface area (Å²) in [6, 6.07) is 5.20. The van der Waals surface area contributed by atoms with Crippen molar-refractivity contribution in [3.8, 4) is 5.75 Å². The maximum atomic E-state index is 12.3. The Hall–Kier alpha value is -1.82. The van der Waals surface area contributed by atoms with Crippen LogP contribution in [0.4, 0.5) is 5.69 Å². The number of nitrogens with two attached hydrogens (primary N) is 1. The van der Waals surface area contributed by atoms with E-state index in [9.17, 15) is 4.21 Å². The van der Waals surface area contributed by atoms with E-state index in [1.54, 1.807) is 31.5 Å². The van der Waals surface area contributed by atoms with Crippen LogP contribution in [0.15, 0.2) is 35.5 Å². The molecule has 6 heteroatoms. The van der Waals surface area contributed by atoms with Gasteiger partial charge in [-0.05, 0) is 18.2 Å². The molecule has 0 aliphatic rings. The predicted octanol–water partition coefficient (Wildman–Crippen LogP) is 1.36. The molecule has 0 saturated carbocycles. The van der Waals surface area contributed by atoms with E-state index < -0.39 is 10.8 Å². The standard InChI is InChI=1S/C13H17N3O2S/c1-16-7-6-15-13(16)5-8-19(17)12-9-10(18-2)3-4-11(12)14/h3-4,6-7,9H,5,8,14H2,1-2H3. The van der Waals surface area contributed by atoms with Gasteiger partial charge in [-0.25, -0.2) is 4.98 Å². The van der Waals surface area contributed by atoms with Crippen molar-refractivity contribution in [1.82, 2.24) is 9.55 Å². The number of aromatic nitrogens is 2. The topological polar surface area (TPSA) is 70.1 Å². The first-order chi connectivity index (χ1) is 9.11. The van der Waals surface area contributed by atoms with Crippen molar-refractivity contribution in [2.45, 2.75) is 11.3 Å². The van der Waals surface area contributed by atoms with Crippen molar-refractivity contribution in [2.24, 2.45) is 7.05 Å². The molecular formula is C13H17N3O2S. The summed E-state index contributed by atoms with van der Waals surface area (Å²) < 4.78 is 19.3. The van der Waals surface area contributed by atoms with Crippen LogP contribution in [0, 0.1) is 0 Å². The monoisotopic (exact) mass is 279 g/mol. The highest BCUT2D eigenvalue weighted by atomic mass is 32.2. The highest BCUT2D eigenvalue weighted by molar-refractivity contribution is 7.85. The normalized spacial score (nSPS) is 12.3. The van der Waals surface area contributed by atoms with Crippen molar-refractivity contribution in [1.29, 1.82) is 0 Å². The number of imidazole rings is 1. The lowest BCUT2D eigenvalue weighted by Gasteiger charge is -2.08. The van der Waals surface area contributed by atoms with Crippen LogP contribution in [0.25, 0.3) is 0 Å². The van der Waals surface area contributed by atoms with Gasteiger partial charge in [-0.15, -0.1) is 0 Å². The lowest BCUT2D eigenvalue weighted by molar-refractivity contribution is 0.413. The van der Waals surface area contributed by atoms with Gasteiger partial charge < -0.3 is 15.0 Å². The van der Waals surface area contributed by atoms with Crippen LogP contribution in [0.2, 0.25) is 0 Å². The van der Waals surface area contributed by atoms with Gasteiger partial charge in [-0.2, -0.15) is 0 Å². The molecule has 5 nitrogen and oxygen atoms in total. The number of ether oxygens (including phenoxy) is 1. The number of benzene rings is 1. The smallest absolute Gasteiger partial charge is 0.120 e. The van der Waals surface area contributed by atoms with Gasteiger partial charge in [0.15, 0.2) is 0 Å². The molecule has 19 heavy (non-hydrogen) atoms. The third kappa shape index (κ3) is 3.14. The molecular weight excluding hydrogens is 262 g/mol. The van der Waals surface area contributed by atoms with Crippen LogP contribution >= 0.6 is 0 Å². The quantitative estimate of drug-likeness (QED) is 0.839. The van der Waals surface area contributed by atoms with Gasteiger partial charge >= 0.3 is 0 Å². The predicted molar refractivity (Wildman–Crippen MR) is 75.6 cm³/mol. The number of aryl methyl sites for hydroxylation is 2. The van der Waals surface area contributed by atoms with Gasteiger partial charge in [0.1, 0.15) is 11.6 Å². The Kier molecular flexibility index (Phi) is 4.21. The van der Waals surface area contributed by atoms with Crippen LogP contribution < -0.4 is 10.5 Å². The Bertz CT molecular complexity index is 595. The van der Waals surface area contributed by atoms with Crippen LogP contribution in [0.1, 0.15) is 5.82 Å². The van der Waals surface area contributed by atoms with Gasteiger partial charge in [0.2, 0.25) is 0 Å². The molecule has 0 bridgehead atoms. The SMILES string of the molecule is COc1ccc(N)c(S(=O)CCc2nccn2C)c1. The molecule has 0 aliphatic heterocycles. The Morgan fingerprint density at radius 1 is 1.47 bits per heavy atom. The molecule has 1 heterocycles. The first-order valence-electron chi connectivity index (χ1n) is 5.90. The van der Waals surface area contributed by atoms with E-state index in [-0.39, 0.29) is 0 Å². The van der Waals surface area contributed by atoms with E-state index in [1.165, 1.54) is 0 Å². The number of nitrogen functional groups attached to an aromatic ring is 1. The number of anilines is 1. The van der Waals surface area contributed by atoms with E-state index in [2.05, 4.69) is 4.98 Å². The molecule has 2 aromatic rings. The van der Waals surface area contributed by atoms with Crippen molar-refractivity contribution in [3.05, 3.63) is 36.4 Å². The largest absolute Gasteiger partial charge is 0.497 e. The fourth-order valence-electron chi connectivity index (χ4n) is 1.77. The number of nitrogens with zero attached hydrogens (tertiary/aromatic N) is 2. The molecule has 0 amide bonds. The first-order valence-corrected chi connectivity index (χ1v) is 7.22. The Balaban J connectivity index is 2.10. The zero-order chi connectivity index (χ0) is 13.8. The molecule has 0 radical (unpaired) electrons. The Labute approximate surface area is 114 Å². The maximum Gasteiger partial charge on any atom is 0.120 e. The summed E-state index contributed by atoms with van der Waals surface area (Å²) in [7, 11) is 2.34. The minimum atomic E-state index is -1.16. The molecule has 2 N–H and O–H groups in total. The van der Waals surface area contributed by atoms with E-state index >= 15 is 0 Å². The van der Waals surface area contributed by atoms with Gasteiger partial charge in [-0.3, -0.25) is 4.21 Å². The van der Waals surface area contributed by atoms with E-state index in [0.717, 1.165) is 5.82 Å². The van der Waals surface area contributed by atoms with Gasteiger partial charge in [0.05, 0.1) is 22.8 Å². The van der Waals surface area contributed by atoms with Crippen molar-refractivity contribution in [3.63, 3.8) is 0 Å². The summed E-state index contributed by atoms with van der Waals surface area (Å²) >= 11 is 0. The molecule has 0 aliphatic carbocycles. The Morgan fingerprint density at radius 2 is 2.26 bits per heavy atom. The van der Waals surface area contributed by atoms with E-state index in [0.29, 0.717) is 28.5 Å². The highest BCUT2D eigenvalue weighted by Gasteiger charge is 2.11. The molecule has 1 aromatic heterocycles. The summed E-state index contributed by atoms with van der Waals surface area (Å²) in [6.45, 7) is 0. The fourth-order valence-corrected chi connectivity index (χ4v) is 2.94. The number of hydrogen-bond acceptors (Lipinski definition) is 4. The summed E-state index contributed by atoms with van der Waals surface area (Å²) in [4.78, 5) is 4.83. The third-order valence-corrected chi connectivity index (χ3v) is 4.32. The molecule has 2 rings (SSSR count). The maximum absolute atomic E-state index is 12.3. The van der Waals surface area contributed by atoms with Crippen LogP contribution in [0.3, 0.4) is 0 Å². The molecule has 0 spiro atoms. The molecule has 0 saturated heterocycles. The van der Waals surface area contributed by atoms with Crippen LogP contribution in [-0.2, 0) is 24.3 Å². The molecule has 1 unspecified atom stereocenters. The van der Waals surface area contributed by atoms with Gasteiger partial charge in [0.25, 0.3) is 0 Å². The zero-order valence-electron chi connectivity index (χ0n) is 11.0. The van der Waals surface area contributed by atoms with Crippen molar-refractivity contribution in [2.75, 3.05) is 18.6 Å². The molecule has 1 atom stereocenters. The lowest BCUT2D eigenvalue weighted by Crippen LogP contribution is -2.08. The second-order valence-corrected chi connectivity index (χ2v) is 5.70. The number of methoxy groups -OCH3 is 1.